The van der Waals surface area contributed by atoms with E-state index >= 15 is 0 Å². The predicted octanol–water partition coefficient (Wildman–Crippen LogP) is 2.50. The van der Waals surface area contributed by atoms with Gasteiger partial charge in [-0.3, -0.25) is 0 Å². The van der Waals surface area contributed by atoms with Crippen LogP contribution in [0.4, 0.5) is 0 Å². The zero-order chi connectivity index (χ0) is 7.49. The lowest BCUT2D eigenvalue weighted by atomic mass is 9.89. The minimum atomic E-state index is 0.250. The zero-order valence-electron chi connectivity index (χ0n) is 6.97. The fourth-order valence-corrected chi connectivity index (χ4v) is 0.346. The van der Waals surface area contributed by atoms with Crippen LogP contribution in [0, 0.1) is 5.41 Å². The number of rotatable bonds is 1. The summed E-state index contributed by atoms with van der Waals surface area (Å²) in [5, 5.41) is 7.75. The van der Waals surface area contributed by atoms with Gasteiger partial charge in [0.2, 0.25) is 0 Å². The topological polar surface area (TPSA) is 24.7 Å². The van der Waals surface area contributed by atoms with Crippen LogP contribution in [0.15, 0.2) is 10.2 Å². The molecule has 54 valence electrons. The molecule has 2 heteroatoms. The number of nitrogens with zero attached hydrogens (tertiary/aromatic N) is 2. The molecule has 9 heavy (non-hydrogen) atoms. The van der Waals surface area contributed by atoms with Crippen molar-refractivity contribution in [2.75, 3.05) is 7.05 Å². The fourth-order valence-electron chi connectivity index (χ4n) is 0.346. The van der Waals surface area contributed by atoms with E-state index in [4.69, 9.17) is 0 Å². The second kappa shape index (κ2) is 2.95. The van der Waals surface area contributed by atoms with Gasteiger partial charge in [0.15, 0.2) is 0 Å². The Labute approximate surface area is 57.4 Å². The van der Waals surface area contributed by atoms with Crippen molar-refractivity contribution in [3.05, 3.63) is 0 Å². The van der Waals surface area contributed by atoms with E-state index in [0.717, 1.165) is 0 Å². The molecule has 0 aromatic heterocycles. The molecule has 0 saturated carbocycles. The third kappa shape index (κ3) is 3.22. The van der Waals surface area contributed by atoms with Gasteiger partial charge < -0.3 is 0 Å². The zero-order valence-corrected chi connectivity index (χ0v) is 6.97. The van der Waals surface area contributed by atoms with E-state index in [0.29, 0.717) is 6.04 Å². The van der Waals surface area contributed by atoms with E-state index < -0.39 is 0 Å². The van der Waals surface area contributed by atoms with E-state index in [-0.39, 0.29) is 5.41 Å². The van der Waals surface area contributed by atoms with Crippen molar-refractivity contribution in [2.24, 2.45) is 15.6 Å². The van der Waals surface area contributed by atoms with Gasteiger partial charge in [0.1, 0.15) is 0 Å². The molecular weight excluding hydrogens is 112 g/mol. The largest absolute Gasteiger partial charge is 0.197 e. The molecule has 0 N–H and O–H groups in total. The summed E-state index contributed by atoms with van der Waals surface area (Å²) >= 11 is 0. The summed E-state index contributed by atoms with van der Waals surface area (Å²) in [4.78, 5) is 0. The second-order valence-corrected chi connectivity index (χ2v) is 3.36. The van der Waals surface area contributed by atoms with Gasteiger partial charge in [0.05, 0.1) is 6.04 Å². The van der Waals surface area contributed by atoms with Gasteiger partial charge >= 0.3 is 0 Å². The first-order chi connectivity index (χ1) is 3.98. The number of hydrogen-bond acceptors (Lipinski definition) is 2. The van der Waals surface area contributed by atoms with E-state index in [1.165, 1.54) is 0 Å². The molecule has 0 spiro atoms. The van der Waals surface area contributed by atoms with Gasteiger partial charge in [-0.25, -0.2) is 0 Å². The molecule has 0 aliphatic carbocycles. The Bertz CT molecular complexity index is 100.0. The molecule has 2 nitrogen and oxygen atoms in total. The molecule has 0 saturated heterocycles. The van der Waals surface area contributed by atoms with Gasteiger partial charge in [-0.15, -0.1) is 0 Å². The normalized spacial score (nSPS) is 16.6. The van der Waals surface area contributed by atoms with Crippen LogP contribution in [0.25, 0.3) is 0 Å². The van der Waals surface area contributed by atoms with Gasteiger partial charge in [-0.05, 0) is 12.3 Å². The summed E-state index contributed by atoms with van der Waals surface area (Å²) in [7, 11) is 1.71. The Morgan fingerprint density at radius 1 is 1.22 bits per heavy atom. The molecule has 0 amide bonds. The quantitative estimate of drug-likeness (QED) is 0.485. The van der Waals surface area contributed by atoms with Crippen molar-refractivity contribution < 1.29 is 0 Å². The van der Waals surface area contributed by atoms with Gasteiger partial charge in [0, 0.05) is 7.05 Å². The molecule has 0 aromatic rings. The van der Waals surface area contributed by atoms with Crippen LogP contribution in [-0.2, 0) is 0 Å². The summed E-state index contributed by atoms with van der Waals surface area (Å²) in [5.41, 5.74) is 0.250. The molecule has 0 aliphatic heterocycles. The van der Waals surface area contributed by atoms with Crippen molar-refractivity contribution in [1.29, 1.82) is 0 Å². The van der Waals surface area contributed by atoms with Crippen LogP contribution in [0.1, 0.15) is 27.7 Å². The summed E-state index contributed by atoms with van der Waals surface area (Å²) in [6.07, 6.45) is 0. The maximum absolute atomic E-state index is 4.02. The van der Waals surface area contributed by atoms with Crippen molar-refractivity contribution in [2.45, 2.75) is 33.7 Å². The van der Waals surface area contributed by atoms with E-state index in [1.807, 2.05) is 0 Å². The van der Waals surface area contributed by atoms with Gasteiger partial charge in [0.25, 0.3) is 0 Å². The highest BCUT2D eigenvalue weighted by Crippen LogP contribution is 2.21. The van der Waals surface area contributed by atoms with E-state index in [2.05, 4.69) is 37.9 Å². The Balaban J connectivity index is 3.88. The molecule has 1 atom stereocenters. The first-order valence-electron chi connectivity index (χ1n) is 3.27. The monoisotopic (exact) mass is 128 g/mol. The van der Waals surface area contributed by atoms with Crippen LogP contribution in [0.3, 0.4) is 0 Å². The van der Waals surface area contributed by atoms with Crippen LogP contribution in [0.2, 0.25) is 0 Å². The van der Waals surface area contributed by atoms with Crippen molar-refractivity contribution >= 4 is 0 Å². The predicted molar refractivity (Wildman–Crippen MR) is 39.7 cm³/mol. The second-order valence-electron chi connectivity index (χ2n) is 3.36. The molecule has 0 rings (SSSR count). The third-order valence-corrected chi connectivity index (χ3v) is 1.54. The summed E-state index contributed by atoms with van der Waals surface area (Å²) in [5.74, 6) is 0. The summed E-state index contributed by atoms with van der Waals surface area (Å²) < 4.78 is 0. The highest BCUT2D eigenvalue weighted by Gasteiger charge is 2.18. The molecule has 0 bridgehead atoms. The fraction of sp³-hybridized carbons (Fsp3) is 1.00. The van der Waals surface area contributed by atoms with Gasteiger partial charge in [-0.2, -0.15) is 10.2 Å². The maximum Gasteiger partial charge on any atom is 0.0728 e. The van der Waals surface area contributed by atoms with Crippen LogP contribution >= 0.6 is 0 Å². The minimum Gasteiger partial charge on any atom is -0.197 e. The first-order valence-corrected chi connectivity index (χ1v) is 3.27. The van der Waals surface area contributed by atoms with Crippen molar-refractivity contribution in [1.82, 2.24) is 0 Å². The SMILES string of the molecule is C/N=N/C(C)C(C)(C)C. The molecule has 0 fully saturated rings. The lowest BCUT2D eigenvalue weighted by Gasteiger charge is -2.21. The van der Waals surface area contributed by atoms with Crippen molar-refractivity contribution in [3.63, 3.8) is 0 Å². The average Bonchev–Trinajstić information content (AvgIpc) is 1.64. The van der Waals surface area contributed by atoms with Crippen LogP contribution < -0.4 is 0 Å². The smallest absolute Gasteiger partial charge is 0.0728 e. The Morgan fingerprint density at radius 2 is 1.67 bits per heavy atom. The Kier molecular flexibility index (Phi) is 2.82. The molecule has 0 radical (unpaired) electrons. The standard InChI is InChI=1S/C7H16N2/c1-6(9-8-5)7(2,3)4/h6H,1-5H3/b9-8+. The lowest BCUT2D eigenvalue weighted by Crippen LogP contribution is -2.20. The summed E-state index contributed by atoms with van der Waals surface area (Å²) in [6.45, 7) is 8.55. The third-order valence-electron chi connectivity index (χ3n) is 1.54. The van der Waals surface area contributed by atoms with E-state index in [1.54, 1.807) is 7.05 Å². The minimum absolute atomic E-state index is 0.250. The summed E-state index contributed by atoms with van der Waals surface area (Å²) in [6, 6.07) is 0.322. The maximum atomic E-state index is 4.02. The Morgan fingerprint density at radius 3 is 1.78 bits per heavy atom. The molecule has 0 aliphatic rings. The lowest BCUT2D eigenvalue weighted by molar-refractivity contribution is 0.332. The molecule has 0 heterocycles. The highest BCUT2D eigenvalue weighted by molar-refractivity contribution is 4.73. The average molecular weight is 128 g/mol. The highest BCUT2D eigenvalue weighted by atomic mass is 15.1. The van der Waals surface area contributed by atoms with E-state index in [9.17, 15) is 0 Å². The van der Waals surface area contributed by atoms with Gasteiger partial charge in [-0.1, -0.05) is 20.8 Å². The Hall–Kier alpha value is -0.400. The van der Waals surface area contributed by atoms with Crippen LogP contribution in [-0.4, -0.2) is 13.1 Å². The first kappa shape index (κ1) is 8.60. The molecule has 0 aromatic carbocycles. The molecule has 1 unspecified atom stereocenters. The van der Waals surface area contributed by atoms with Crippen molar-refractivity contribution in [3.8, 4) is 0 Å². The number of azo groups is 1. The molecular formula is C7H16N2. The number of hydrogen-bond donors (Lipinski definition) is 0. The van der Waals surface area contributed by atoms with Crippen LogP contribution in [0.5, 0.6) is 0 Å².